The molecule has 0 saturated heterocycles. The second kappa shape index (κ2) is 8.00. The molecular weight excluding hydrogens is 402 g/mol. The van der Waals surface area contributed by atoms with Gasteiger partial charge < -0.3 is 0 Å². The minimum atomic E-state index is -3.95. The molecule has 28 heavy (non-hydrogen) atoms. The van der Waals surface area contributed by atoms with Crippen molar-refractivity contribution in [3.05, 3.63) is 69.9 Å². The smallest absolute Gasteiger partial charge is 0.258 e. The molecule has 3 rings (SSSR count). The molecule has 0 aliphatic rings. The number of aryl methyl sites for hydroxylation is 1. The molecule has 9 heteroatoms. The van der Waals surface area contributed by atoms with Crippen molar-refractivity contribution in [3.8, 4) is 6.07 Å². The number of nitrogens with zero attached hydrogens (tertiary/aromatic N) is 3. The summed E-state index contributed by atoms with van der Waals surface area (Å²) in [4.78, 5) is 10.2. The number of halogens is 1. The van der Waals surface area contributed by atoms with Crippen molar-refractivity contribution in [1.82, 2.24) is 3.97 Å². The van der Waals surface area contributed by atoms with Gasteiger partial charge in [-0.15, -0.1) is 11.6 Å². The molecule has 0 atom stereocenters. The number of non-ortho nitro benzene ring substituents is 1. The summed E-state index contributed by atoms with van der Waals surface area (Å²) < 4.78 is 27.4. The highest BCUT2D eigenvalue weighted by molar-refractivity contribution is 7.90. The molecule has 1 aromatic heterocycles. The molecule has 0 aliphatic carbocycles. The van der Waals surface area contributed by atoms with E-state index < -0.39 is 14.9 Å². The van der Waals surface area contributed by atoms with Gasteiger partial charge in [-0.05, 0) is 55.2 Å². The van der Waals surface area contributed by atoms with Crippen LogP contribution in [0, 0.1) is 21.4 Å². The number of nitro groups is 1. The summed E-state index contributed by atoms with van der Waals surface area (Å²) in [7, 11) is -3.95. The van der Waals surface area contributed by atoms with E-state index in [2.05, 4.69) is 6.07 Å². The van der Waals surface area contributed by atoms with Gasteiger partial charge in [-0.1, -0.05) is 0 Å². The molecule has 1 heterocycles. The Morgan fingerprint density at radius 1 is 1.14 bits per heavy atom. The Morgan fingerprint density at radius 2 is 1.86 bits per heavy atom. The Hall–Kier alpha value is -2.89. The fourth-order valence-electron chi connectivity index (χ4n) is 3.00. The van der Waals surface area contributed by atoms with Gasteiger partial charge in [0, 0.05) is 29.6 Å². The number of fused-ring (bicyclic) bond motifs is 1. The van der Waals surface area contributed by atoms with E-state index in [-0.39, 0.29) is 10.6 Å². The van der Waals surface area contributed by atoms with Gasteiger partial charge in [-0.2, -0.15) is 5.26 Å². The lowest BCUT2D eigenvalue weighted by molar-refractivity contribution is -0.384. The second-order valence-corrected chi connectivity index (χ2v) is 8.39. The molecule has 0 unspecified atom stereocenters. The lowest BCUT2D eigenvalue weighted by Crippen LogP contribution is -2.12. The first-order chi connectivity index (χ1) is 13.4. The number of rotatable bonds is 7. The maximum absolute atomic E-state index is 13.1. The van der Waals surface area contributed by atoms with E-state index in [1.54, 1.807) is 24.4 Å². The van der Waals surface area contributed by atoms with Crippen molar-refractivity contribution in [3.63, 3.8) is 0 Å². The maximum atomic E-state index is 13.1. The van der Waals surface area contributed by atoms with Crippen molar-refractivity contribution in [2.45, 2.75) is 24.2 Å². The molecule has 0 N–H and O–H groups in total. The minimum Gasteiger partial charge on any atom is -0.258 e. The minimum absolute atomic E-state index is 0.0494. The fourth-order valence-corrected chi connectivity index (χ4v) is 4.58. The van der Waals surface area contributed by atoms with Gasteiger partial charge in [0.25, 0.3) is 15.7 Å². The van der Waals surface area contributed by atoms with Crippen LogP contribution in [-0.2, 0) is 16.4 Å². The van der Waals surface area contributed by atoms with Crippen LogP contribution in [0.5, 0.6) is 0 Å². The largest absolute Gasteiger partial charge is 0.269 e. The number of hydrogen-bond acceptors (Lipinski definition) is 5. The van der Waals surface area contributed by atoms with Crippen LogP contribution in [0.4, 0.5) is 5.69 Å². The van der Waals surface area contributed by atoms with Crippen LogP contribution in [0.25, 0.3) is 10.9 Å². The van der Waals surface area contributed by atoms with Gasteiger partial charge in [0.15, 0.2) is 0 Å². The van der Waals surface area contributed by atoms with Gasteiger partial charge in [-0.25, -0.2) is 12.4 Å². The monoisotopic (exact) mass is 417 g/mol. The number of unbranched alkanes of at least 4 members (excludes halogenated alkanes) is 1. The van der Waals surface area contributed by atoms with Crippen LogP contribution < -0.4 is 0 Å². The van der Waals surface area contributed by atoms with Crippen LogP contribution in [0.1, 0.15) is 24.0 Å². The van der Waals surface area contributed by atoms with Crippen molar-refractivity contribution in [1.29, 1.82) is 5.26 Å². The molecule has 0 radical (unpaired) electrons. The van der Waals surface area contributed by atoms with Gasteiger partial charge in [0.2, 0.25) is 0 Å². The first kappa shape index (κ1) is 19.9. The topological polar surface area (TPSA) is 106 Å². The zero-order chi connectivity index (χ0) is 20.3. The average molecular weight is 418 g/mol. The quantitative estimate of drug-likeness (QED) is 0.247. The van der Waals surface area contributed by atoms with E-state index in [1.165, 1.54) is 16.1 Å². The summed E-state index contributed by atoms with van der Waals surface area (Å²) in [6.45, 7) is 0. The van der Waals surface area contributed by atoms with E-state index in [9.17, 15) is 23.8 Å². The molecule has 7 nitrogen and oxygen atoms in total. The van der Waals surface area contributed by atoms with E-state index >= 15 is 0 Å². The Kier molecular flexibility index (Phi) is 5.68. The Bertz CT molecular complexity index is 1180. The van der Waals surface area contributed by atoms with E-state index in [0.29, 0.717) is 28.8 Å². The number of nitriles is 1. The second-order valence-electron chi connectivity index (χ2n) is 6.20. The van der Waals surface area contributed by atoms with Crippen LogP contribution in [0.3, 0.4) is 0 Å². The normalized spacial score (nSPS) is 11.4. The molecule has 0 fully saturated rings. The Balaban J connectivity index is 2.13. The predicted octanol–water partition coefficient (Wildman–Crippen LogP) is 4.22. The SMILES string of the molecule is N#Cc1ccc2c(c1)c(CCCCCl)cn2S(=O)(=O)c1ccc([N+](=O)[O-])cc1. The fraction of sp³-hybridized carbons (Fsp3) is 0.211. The molecule has 0 aliphatic heterocycles. The number of alkyl halides is 1. The van der Waals surface area contributed by atoms with Gasteiger partial charge in [0.05, 0.1) is 27.0 Å². The van der Waals surface area contributed by atoms with Crippen molar-refractivity contribution in [2.24, 2.45) is 0 Å². The van der Waals surface area contributed by atoms with Crippen molar-refractivity contribution in [2.75, 3.05) is 5.88 Å². The summed E-state index contributed by atoms with van der Waals surface area (Å²) in [6, 6.07) is 11.7. The summed E-state index contributed by atoms with van der Waals surface area (Å²) in [5.74, 6) is 0.517. The van der Waals surface area contributed by atoms with Crippen molar-refractivity contribution < 1.29 is 13.3 Å². The number of benzene rings is 2. The predicted molar refractivity (Wildman–Crippen MR) is 106 cm³/mol. The van der Waals surface area contributed by atoms with Gasteiger partial charge in [-0.3, -0.25) is 10.1 Å². The zero-order valence-corrected chi connectivity index (χ0v) is 16.3. The third-order valence-electron chi connectivity index (χ3n) is 4.42. The Labute approximate surface area is 167 Å². The highest BCUT2D eigenvalue weighted by Crippen LogP contribution is 2.28. The Morgan fingerprint density at radius 3 is 2.46 bits per heavy atom. The lowest BCUT2D eigenvalue weighted by Gasteiger charge is -2.07. The standard InChI is InChI=1S/C19H16ClN3O4S/c20-10-2-1-3-15-13-22(19-9-4-14(12-21)11-18(15)19)28(26,27)17-7-5-16(6-8-17)23(24)25/h4-9,11,13H,1-3,10H2. The molecule has 144 valence electrons. The summed E-state index contributed by atoms with van der Waals surface area (Å²) in [5, 5.41) is 20.7. The summed E-state index contributed by atoms with van der Waals surface area (Å²) >= 11 is 5.73. The van der Waals surface area contributed by atoms with Crippen molar-refractivity contribution >= 4 is 38.2 Å². The van der Waals surface area contributed by atoms with E-state index in [1.807, 2.05) is 0 Å². The maximum Gasteiger partial charge on any atom is 0.269 e. The molecule has 2 aromatic carbocycles. The highest BCUT2D eigenvalue weighted by atomic mass is 35.5. The van der Waals surface area contributed by atoms with E-state index in [4.69, 9.17) is 11.6 Å². The van der Waals surface area contributed by atoms with Crippen LogP contribution in [0.15, 0.2) is 53.6 Å². The first-order valence-electron chi connectivity index (χ1n) is 8.48. The lowest BCUT2D eigenvalue weighted by atomic mass is 10.1. The molecule has 0 amide bonds. The first-order valence-corrected chi connectivity index (χ1v) is 10.5. The molecule has 0 spiro atoms. The van der Waals surface area contributed by atoms with E-state index in [0.717, 1.165) is 30.5 Å². The number of hydrogen-bond donors (Lipinski definition) is 0. The summed E-state index contributed by atoms with van der Waals surface area (Å²) in [5.41, 5.74) is 1.52. The van der Waals surface area contributed by atoms with Crippen LogP contribution in [0.2, 0.25) is 0 Å². The molecule has 3 aromatic rings. The third-order valence-corrected chi connectivity index (χ3v) is 6.37. The highest BCUT2D eigenvalue weighted by Gasteiger charge is 2.22. The van der Waals surface area contributed by atoms with Gasteiger partial charge >= 0.3 is 0 Å². The number of aromatic nitrogens is 1. The third kappa shape index (κ3) is 3.72. The number of nitro benzene ring substituents is 1. The molecule has 0 bridgehead atoms. The summed E-state index contributed by atoms with van der Waals surface area (Å²) in [6.07, 6.45) is 3.76. The molecular formula is C19H16ClN3O4S. The zero-order valence-electron chi connectivity index (χ0n) is 14.7. The van der Waals surface area contributed by atoms with Crippen LogP contribution in [-0.4, -0.2) is 23.2 Å². The molecule has 0 saturated carbocycles. The van der Waals surface area contributed by atoms with Crippen LogP contribution >= 0.6 is 11.6 Å². The average Bonchev–Trinajstić information content (AvgIpc) is 3.07. The van der Waals surface area contributed by atoms with Gasteiger partial charge in [0.1, 0.15) is 0 Å².